The van der Waals surface area contributed by atoms with Crippen LogP contribution in [0.2, 0.25) is 0 Å². The monoisotopic (exact) mass is 496 g/mol. The van der Waals surface area contributed by atoms with Crippen molar-refractivity contribution in [3.63, 3.8) is 0 Å². The number of carbonyl (C=O) groups excluding carboxylic acids is 2. The highest BCUT2D eigenvalue weighted by molar-refractivity contribution is 5.95. The molecule has 2 amide bonds. The lowest BCUT2D eigenvalue weighted by molar-refractivity contribution is -0.121. The molecule has 5 rings (SSSR count). The van der Waals surface area contributed by atoms with Gasteiger partial charge in [-0.15, -0.1) is 0 Å². The van der Waals surface area contributed by atoms with Crippen molar-refractivity contribution in [3.8, 4) is 5.75 Å². The number of nitrogens with zero attached hydrogens (tertiary/aromatic N) is 3. The van der Waals surface area contributed by atoms with Gasteiger partial charge in [-0.25, -0.2) is 13.8 Å². The van der Waals surface area contributed by atoms with E-state index in [9.17, 15) is 18.4 Å². The summed E-state index contributed by atoms with van der Waals surface area (Å²) in [5.41, 5.74) is 2.28. The number of piperidine rings is 1. The summed E-state index contributed by atoms with van der Waals surface area (Å²) < 4.78 is 39.9. The van der Waals surface area contributed by atoms with E-state index >= 15 is 0 Å². The summed E-state index contributed by atoms with van der Waals surface area (Å²) in [6.45, 7) is 1.54. The predicted molar refractivity (Wildman–Crippen MR) is 126 cm³/mol. The Labute approximate surface area is 206 Å². The number of anilines is 1. The van der Waals surface area contributed by atoms with Gasteiger partial charge >= 0.3 is 0 Å². The molecule has 188 valence electrons. The van der Waals surface area contributed by atoms with Crippen LogP contribution in [0.25, 0.3) is 0 Å². The summed E-state index contributed by atoms with van der Waals surface area (Å²) in [5.74, 6) is -1.42. The fourth-order valence-electron chi connectivity index (χ4n) is 4.67. The average Bonchev–Trinajstić information content (AvgIpc) is 3.32. The summed E-state index contributed by atoms with van der Waals surface area (Å²) >= 11 is 0. The molecule has 10 heteroatoms. The molecular formula is C26H26F2N4O4. The SMILES string of the molecule is COc1ccc(NC(=O)C2CCN(C(=O)c3ncn4c3CO[C@@H](c3ccc(F)cc3)C4)CC2)cc1F. The van der Waals surface area contributed by atoms with E-state index in [4.69, 9.17) is 9.47 Å². The van der Waals surface area contributed by atoms with Gasteiger partial charge in [0.2, 0.25) is 5.91 Å². The number of hydrogen-bond donors (Lipinski definition) is 1. The van der Waals surface area contributed by atoms with Crippen LogP contribution in [0, 0.1) is 17.6 Å². The molecule has 3 heterocycles. The summed E-state index contributed by atoms with van der Waals surface area (Å²) in [4.78, 5) is 31.9. The molecule has 0 spiro atoms. The van der Waals surface area contributed by atoms with Crippen LogP contribution < -0.4 is 10.1 Å². The minimum Gasteiger partial charge on any atom is -0.494 e. The van der Waals surface area contributed by atoms with Crippen LogP contribution >= 0.6 is 0 Å². The number of nitrogens with one attached hydrogen (secondary N) is 1. The Bertz CT molecular complexity index is 1270. The van der Waals surface area contributed by atoms with Crippen molar-refractivity contribution in [1.82, 2.24) is 14.5 Å². The first kappa shape index (κ1) is 23.9. The molecular weight excluding hydrogens is 470 g/mol. The maximum Gasteiger partial charge on any atom is 0.274 e. The molecule has 0 unspecified atom stereocenters. The first-order valence-corrected chi connectivity index (χ1v) is 11.8. The van der Waals surface area contributed by atoms with Crippen LogP contribution in [0.1, 0.15) is 40.7 Å². The van der Waals surface area contributed by atoms with Gasteiger partial charge in [0, 0.05) is 30.8 Å². The van der Waals surface area contributed by atoms with Gasteiger partial charge in [-0.2, -0.15) is 0 Å². The van der Waals surface area contributed by atoms with Crippen molar-refractivity contribution >= 4 is 17.5 Å². The van der Waals surface area contributed by atoms with E-state index in [1.165, 1.54) is 31.4 Å². The summed E-state index contributed by atoms with van der Waals surface area (Å²) in [7, 11) is 1.38. The summed E-state index contributed by atoms with van der Waals surface area (Å²) in [6.07, 6.45) is 2.38. The van der Waals surface area contributed by atoms with E-state index < -0.39 is 5.82 Å². The molecule has 1 fully saturated rings. The Kier molecular flexibility index (Phi) is 6.69. The largest absolute Gasteiger partial charge is 0.494 e. The first-order chi connectivity index (χ1) is 17.4. The number of benzene rings is 2. The van der Waals surface area contributed by atoms with Gasteiger partial charge in [-0.3, -0.25) is 9.59 Å². The second kappa shape index (κ2) is 10.1. The lowest BCUT2D eigenvalue weighted by Crippen LogP contribution is -2.42. The molecule has 0 radical (unpaired) electrons. The number of amides is 2. The molecule has 3 aromatic rings. The van der Waals surface area contributed by atoms with E-state index in [1.807, 2.05) is 4.57 Å². The highest BCUT2D eigenvalue weighted by Crippen LogP contribution is 2.29. The molecule has 1 aromatic heterocycles. The number of rotatable bonds is 5. The van der Waals surface area contributed by atoms with E-state index in [-0.39, 0.29) is 42.0 Å². The lowest BCUT2D eigenvalue weighted by Gasteiger charge is -2.31. The van der Waals surface area contributed by atoms with Crippen LogP contribution in [0.3, 0.4) is 0 Å². The van der Waals surface area contributed by atoms with E-state index in [1.54, 1.807) is 29.4 Å². The second-order valence-corrected chi connectivity index (χ2v) is 8.95. The fraction of sp³-hybridized carbons (Fsp3) is 0.346. The Morgan fingerprint density at radius 3 is 2.56 bits per heavy atom. The Balaban J connectivity index is 1.18. The van der Waals surface area contributed by atoms with E-state index in [2.05, 4.69) is 10.3 Å². The van der Waals surface area contributed by atoms with Crippen LogP contribution in [0.5, 0.6) is 5.75 Å². The average molecular weight is 497 g/mol. The molecule has 0 bridgehead atoms. The zero-order valence-electron chi connectivity index (χ0n) is 19.7. The standard InChI is InChI=1S/C26H26F2N4O4/c1-35-22-7-6-19(12-20(22)28)30-25(33)17-8-10-31(11-9-17)26(34)24-21-14-36-23(13-32(21)15-29-24)16-2-4-18(27)5-3-16/h2-7,12,15,17,23H,8-11,13-14H2,1H3,(H,30,33)/t23-/m1/s1. The van der Waals surface area contributed by atoms with E-state index in [0.717, 1.165) is 5.56 Å². The number of carbonyl (C=O) groups is 2. The number of aromatic nitrogens is 2. The minimum absolute atomic E-state index is 0.109. The van der Waals surface area contributed by atoms with Crippen molar-refractivity contribution in [2.24, 2.45) is 5.92 Å². The molecule has 1 saturated heterocycles. The number of hydrogen-bond acceptors (Lipinski definition) is 5. The van der Waals surface area contributed by atoms with Crippen LogP contribution in [-0.2, 0) is 22.7 Å². The number of fused-ring (bicyclic) bond motifs is 1. The number of methoxy groups -OCH3 is 1. The Hall–Kier alpha value is -3.79. The van der Waals surface area contributed by atoms with Gasteiger partial charge in [0.15, 0.2) is 17.3 Å². The van der Waals surface area contributed by atoms with Gasteiger partial charge in [0.1, 0.15) is 11.9 Å². The quantitative estimate of drug-likeness (QED) is 0.579. The molecule has 2 aliphatic rings. The van der Waals surface area contributed by atoms with Crippen molar-refractivity contribution in [2.75, 3.05) is 25.5 Å². The zero-order valence-corrected chi connectivity index (χ0v) is 19.7. The third-order valence-electron chi connectivity index (χ3n) is 6.75. The number of halogens is 2. The molecule has 36 heavy (non-hydrogen) atoms. The van der Waals surface area contributed by atoms with Crippen LogP contribution in [0.15, 0.2) is 48.8 Å². The highest BCUT2D eigenvalue weighted by atomic mass is 19.1. The highest BCUT2D eigenvalue weighted by Gasteiger charge is 2.32. The molecule has 1 N–H and O–H groups in total. The van der Waals surface area contributed by atoms with Gasteiger partial charge in [0.05, 0.1) is 32.3 Å². The maximum atomic E-state index is 13.9. The zero-order chi connectivity index (χ0) is 25.2. The van der Waals surface area contributed by atoms with Gasteiger partial charge in [0.25, 0.3) is 5.91 Å². The van der Waals surface area contributed by atoms with Crippen molar-refractivity contribution < 1.29 is 27.8 Å². The van der Waals surface area contributed by atoms with E-state index in [0.29, 0.717) is 49.6 Å². The van der Waals surface area contributed by atoms with Gasteiger partial charge in [-0.1, -0.05) is 12.1 Å². The number of imidazole rings is 1. The molecule has 8 nitrogen and oxygen atoms in total. The molecule has 1 atom stereocenters. The lowest BCUT2D eigenvalue weighted by atomic mass is 9.95. The third kappa shape index (κ3) is 4.81. The molecule has 2 aliphatic heterocycles. The Morgan fingerprint density at radius 1 is 1.11 bits per heavy atom. The topological polar surface area (TPSA) is 85.7 Å². The molecule has 2 aromatic carbocycles. The van der Waals surface area contributed by atoms with Gasteiger partial charge < -0.3 is 24.3 Å². The van der Waals surface area contributed by atoms with Crippen molar-refractivity contribution in [2.45, 2.75) is 32.1 Å². The summed E-state index contributed by atoms with van der Waals surface area (Å²) in [6, 6.07) is 10.5. The number of ether oxygens (including phenoxy) is 2. The summed E-state index contributed by atoms with van der Waals surface area (Å²) in [5, 5.41) is 2.75. The molecule has 0 aliphatic carbocycles. The number of likely N-dealkylation sites (tertiary alicyclic amines) is 1. The van der Waals surface area contributed by atoms with Crippen LogP contribution in [-0.4, -0.2) is 46.5 Å². The fourth-order valence-corrected chi connectivity index (χ4v) is 4.67. The minimum atomic E-state index is -0.549. The molecule has 0 saturated carbocycles. The van der Waals surface area contributed by atoms with Crippen LogP contribution in [0.4, 0.5) is 14.5 Å². The van der Waals surface area contributed by atoms with Gasteiger partial charge in [-0.05, 0) is 42.7 Å². The normalized spacial score (nSPS) is 18.0. The predicted octanol–water partition coefficient (Wildman–Crippen LogP) is 3.93. The Morgan fingerprint density at radius 2 is 1.86 bits per heavy atom. The van der Waals surface area contributed by atoms with Crippen molar-refractivity contribution in [3.05, 3.63) is 77.4 Å². The smallest absolute Gasteiger partial charge is 0.274 e. The second-order valence-electron chi connectivity index (χ2n) is 8.95. The van der Waals surface area contributed by atoms with Crippen molar-refractivity contribution in [1.29, 1.82) is 0 Å². The first-order valence-electron chi connectivity index (χ1n) is 11.8. The maximum absolute atomic E-state index is 13.9. The third-order valence-corrected chi connectivity index (χ3v) is 6.75.